The Morgan fingerprint density at radius 3 is 2.80 bits per heavy atom. The van der Waals surface area contributed by atoms with Gasteiger partial charge in [0, 0.05) is 6.54 Å². The first-order valence-electron chi connectivity index (χ1n) is 7.71. The number of hydrogen-bond acceptors (Lipinski definition) is 5. The maximum Gasteiger partial charge on any atom is 0.293 e. The number of thioether (sulfide) groups is 1. The molecule has 7 heteroatoms. The predicted octanol–water partition coefficient (Wildman–Crippen LogP) is 4.31. The zero-order chi connectivity index (χ0) is 18.4. The number of nitrogens with zero attached hydrogens (tertiary/aromatic N) is 1. The maximum atomic E-state index is 12.4. The van der Waals surface area contributed by atoms with Gasteiger partial charge in [0.15, 0.2) is 11.5 Å². The monoisotopic (exact) mass is 423 g/mol. The summed E-state index contributed by atoms with van der Waals surface area (Å²) >= 11 is 4.37. The lowest BCUT2D eigenvalue weighted by atomic mass is 10.2. The minimum atomic E-state index is -0.258. The fraction of sp³-hybridized carbons (Fsp3) is 0.333. The van der Waals surface area contributed by atoms with Gasteiger partial charge in [0.2, 0.25) is 0 Å². The summed E-state index contributed by atoms with van der Waals surface area (Å²) in [6.07, 6.45) is 8.61. The van der Waals surface area contributed by atoms with Crippen molar-refractivity contribution in [2.45, 2.75) is 19.8 Å². The molecule has 132 valence electrons. The second-order valence-electron chi connectivity index (χ2n) is 5.21. The van der Waals surface area contributed by atoms with Crippen LogP contribution in [-0.4, -0.2) is 36.3 Å². The van der Waals surface area contributed by atoms with Gasteiger partial charge in [-0.15, -0.1) is 6.42 Å². The first kappa shape index (κ1) is 19.4. The van der Waals surface area contributed by atoms with E-state index in [4.69, 9.17) is 15.9 Å². The number of unbranched alkanes of at least 4 members (excludes halogenated alkanes) is 1. The molecule has 5 nitrogen and oxygen atoms in total. The van der Waals surface area contributed by atoms with Gasteiger partial charge in [-0.3, -0.25) is 14.5 Å². The van der Waals surface area contributed by atoms with Crippen molar-refractivity contribution in [1.29, 1.82) is 0 Å². The number of rotatable bonds is 7. The molecular weight excluding hydrogens is 406 g/mol. The Morgan fingerprint density at radius 2 is 2.16 bits per heavy atom. The van der Waals surface area contributed by atoms with Crippen LogP contribution in [0, 0.1) is 12.3 Å². The number of benzene rings is 1. The Balaban J connectivity index is 2.29. The number of carbonyl (C=O) groups excluding carboxylic acids is 2. The molecule has 0 atom stereocenters. The van der Waals surface area contributed by atoms with E-state index in [-0.39, 0.29) is 17.8 Å². The van der Waals surface area contributed by atoms with E-state index in [9.17, 15) is 9.59 Å². The summed E-state index contributed by atoms with van der Waals surface area (Å²) < 4.78 is 11.4. The topological polar surface area (TPSA) is 55.8 Å². The lowest BCUT2D eigenvalue weighted by Crippen LogP contribution is -2.29. The number of amides is 2. The van der Waals surface area contributed by atoms with Crippen molar-refractivity contribution in [2.75, 3.05) is 20.3 Å². The molecule has 0 radical (unpaired) electrons. The van der Waals surface area contributed by atoms with Crippen molar-refractivity contribution in [1.82, 2.24) is 4.90 Å². The third kappa shape index (κ3) is 4.59. The summed E-state index contributed by atoms with van der Waals surface area (Å²) in [5, 5.41) is -0.232. The van der Waals surface area contributed by atoms with Gasteiger partial charge in [0.25, 0.3) is 11.1 Å². The molecule has 1 aliphatic heterocycles. The molecule has 1 fully saturated rings. The summed E-state index contributed by atoms with van der Waals surface area (Å²) in [4.78, 5) is 26.1. The number of carbonyl (C=O) groups is 2. The first-order valence-corrected chi connectivity index (χ1v) is 9.31. The average Bonchev–Trinajstić information content (AvgIpc) is 2.85. The van der Waals surface area contributed by atoms with Gasteiger partial charge in [-0.25, -0.2) is 0 Å². The summed E-state index contributed by atoms with van der Waals surface area (Å²) in [5.74, 6) is 3.12. The van der Waals surface area contributed by atoms with Gasteiger partial charge in [-0.1, -0.05) is 19.3 Å². The molecule has 1 aromatic rings. The molecular formula is C18H18BrNO4S. The first-order chi connectivity index (χ1) is 12.0. The molecule has 0 bridgehead atoms. The fourth-order valence-corrected chi connectivity index (χ4v) is 3.68. The Bertz CT molecular complexity index is 754. The van der Waals surface area contributed by atoms with E-state index < -0.39 is 0 Å². The van der Waals surface area contributed by atoms with E-state index in [1.807, 2.05) is 6.92 Å². The van der Waals surface area contributed by atoms with Crippen LogP contribution in [0.1, 0.15) is 25.3 Å². The van der Waals surface area contributed by atoms with Gasteiger partial charge >= 0.3 is 0 Å². The van der Waals surface area contributed by atoms with Gasteiger partial charge in [0.1, 0.15) is 6.61 Å². The van der Waals surface area contributed by atoms with Crippen LogP contribution >= 0.6 is 27.7 Å². The zero-order valence-electron chi connectivity index (χ0n) is 14.0. The number of halogens is 1. The molecule has 0 N–H and O–H groups in total. The molecule has 0 aromatic heterocycles. The van der Waals surface area contributed by atoms with E-state index in [1.165, 1.54) is 12.0 Å². The Morgan fingerprint density at radius 1 is 1.40 bits per heavy atom. The Labute approximate surface area is 159 Å². The normalized spacial score (nSPS) is 15.6. The quantitative estimate of drug-likeness (QED) is 0.483. The highest BCUT2D eigenvalue weighted by Gasteiger charge is 2.34. The van der Waals surface area contributed by atoms with E-state index in [2.05, 4.69) is 21.9 Å². The van der Waals surface area contributed by atoms with Crippen molar-refractivity contribution >= 4 is 44.9 Å². The largest absolute Gasteiger partial charge is 0.493 e. The third-order valence-electron chi connectivity index (χ3n) is 3.46. The molecule has 2 amide bonds. The average molecular weight is 424 g/mol. The summed E-state index contributed by atoms with van der Waals surface area (Å²) in [7, 11) is 1.52. The summed E-state index contributed by atoms with van der Waals surface area (Å²) in [5.41, 5.74) is 0.720. The predicted molar refractivity (Wildman–Crippen MR) is 103 cm³/mol. The number of imide groups is 1. The molecule has 0 spiro atoms. The molecule has 2 rings (SSSR count). The Hall–Kier alpha value is -1.91. The van der Waals surface area contributed by atoms with Crippen molar-refractivity contribution < 1.29 is 19.1 Å². The summed E-state index contributed by atoms with van der Waals surface area (Å²) in [6.45, 7) is 2.58. The second-order valence-corrected chi connectivity index (χ2v) is 7.06. The van der Waals surface area contributed by atoms with Gasteiger partial charge in [-0.2, -0.15) is 0 Å². The van der Waals surface area contributed by atoms with Crippen LogP contribution < -0.4 is 9.47 Å². The van der Waals surface area contributed by atoms with Gasteiger partial charge in [-0.05, 0) is 57.9 Å². The molecule has 0 saturated carbocycles. The zero-order valence-corrected chi connectivity index (χ0v) is 16.4. The number of methoxy groups -OCH3 is 1. The van der Waals surface area contributed by atoms with Crippen LogP contribution in [0.15, 0.2) is 21.5 Å². The van der Waals surface area contributed by atoms with E-state index >= 15 is 0 Å². The van der Waals surface area contributed by atoms with Gasteiger partial charge < -0.3 is 9.47 Å². The minimum absolute atomic E-state index is 0.116. The van der Waals surface area contributed by atoms with Crippen LogP contribution in [0.25, 0.3) is 6.08 Å². The maximum absolute atomic E-state index is 12.4. The number of hydrogen-bond donors (Lipinski definition) is 0. The van der Waals surface area contributed by atoms with E-state index in [0.717, 1.165) is 30.2 Å². The molecule has 0 aliphatic carbocycles. The van der Waals surface area contributed by atoms with Crippen LogP contribution in [0.2, 0.25) is 0 Å². The standard InChI is InChI=1S/C18H18BrNO4S/c1-4-6-7-20-17(21)15(25-18(20)22)11-12-9-13(19)16(24-8-5-2)14(10-12)23-3/h2,9-11H,4,6-8H2,1,3H3. The Kier molecular flexibility index (Phi) is 6.97. The summed E-state index contributed by atoms with van der Waals surface area (Å²) in [6, 6.07) is 3.52. The van der Waals surface area contributed by atoms with Crippen LogP contribution in [0.3, 0.4) is 0 Å². The van der Waals surface area contributed by atoms with Gasteiger partial charge in [0.05, 0.1) is 16.5 Å². The highest BCUT2D eigenvalue weighted by molar-refractivity contribution is 9.10. The molecule has 1 heterocycles. The van der Waals surface area contributed by atoms with Crippen molar-refractivity contribution in [3.63, 3.8) is 0 Å². The SMILES string of the molecule is C#CCOc1c(Br)cc(C=C2SC(=O)N(CCCC)C2=O)cc1OC. The van der Waals surface area contributed by atoms with Crippen molar-refractivity contribution in [3.8, 4) is 23.8 Å². The number of ether oxygens (including phenoxy) is 2. The van der Waals surface area contributed by atoms with E-state index in [1.54, 1.807) is 18.2 Å². The molecule has 25 heavy (non-hydrogen) atoms. The van der Waals surface area contributed by atoms with Crippen LogP contribution in [-0.2, 0) is 4.79 Å². The third-order valence-corrected chi connectivity index (χ3v) is 4.95. The highest BCUT2D eigenvalue weighted by atomic mass is 79.9. The smallest absolute Gasteiger partial charge is 0.293 e. The molecule has 1 saturated heterocycles. The van der Waals surface area contributed by atoms with Crippen LogP contribution in [0.5, 0.6) is 11.5 Å². The lowest BCUT2D eigenvalue weighted by molar-refractivity contribution is -0.122. The van der Waals surface area contributed by atoms with Crippen molar-refractivity contribution in [3.05, 3.63) is 27.1 Å². The van der Waals surface area contributed by atoms with E-state index in [0.29, 0.717) is 27.4 Å². The fourth-order valence-electron chi connectivity index (χ4n) is 2.24. The van der Waals surface area contributed by atoms with Crippen LogP contribution in [0.4, 0.5) is 4.79 Å². The molecule has 1 aliphatic rings. The highest BCUT2D eigenvalue weighted by Crippen LogP contribution is 2.39. The van der Waals surface area contributed by atoms with Crippen molar-refractivity contribution in [2.24, 2.45) is 0 Å². The minimum Gasteiger partial charge on any atom is -0.493 e. The molecule has 0 unspecified atom stereocenters. The molecule has 1 aromatic carbocycles. The second kappa shape index (κ2) is 8.97. The number of terminal acetylenes is 1. The lowest BCUT2D eigenvalue weighted by Gasteiger charge is -2.12.